The van der Waals surface area contributed by atoms with Crippen LogP contribution < -0.4 is 4.74 Å². The summed E-state index contributed by atoms with van der Waals surface area (Å²) >= 11 is 3.69. The minimum absolute atomic E-state index is 0.0983. The lowest BCUT2D eigenvalue weighted by Gasteiger charge is -2.26. The van der Waals surface area contributed by atoms with Crippen LogP contribution in [0.5, 0.6) is 5.75 Å². The van der Waals surface area contributed by atoms with E-state index in [1.807, 2.05) is 36.0 Å². The molecule has 0 aliphatic carbocycles. The van der Waals surface area contributed by atoms with Crippen molar-refractivity contribution in [2.24, 2.45) is 0 Å². The largest absolute Gasteiger partial charge is 0.494 e. The Morgan fingerprint density at radius 2 is 1.95 bits per heavy atom. The molecule has 2 rings (SSSR count). The summed E-state index contributed by atoms with van der Waals surface area (Å²) in [6.07, 6.45) is 0.994. The number of ketones is 1. The number of ether oxygens (including phenoxy) is 1. The lowest BCUT2D eigenvalue weighted by atomic mass is 10.1. The highest BCUT2D eigenvalue weighted by Crippen LogP contribution is 2.33. The molecule has 4 heteroatoms. The standard InChI is InChI=1S/C15H20O2S2/c1-3-8-17-13-6-4-12(5-7-13)14(16)15-11(2)18-9-10-19-15/h4-7,11,15H,3,8-10H2,1-2H3. The fourth-order valence-corrected chi connectivity index (χ4v) is 4.74. The van der Waals surface area contributed by atoms with E-state index in [0.29, 0.717) is 5.25 Å². The fourth-order valence-electron chi connectivity index (χ4n) is 2.02. The molecule has 0 saturated carbocycles. The third-order valence-electron chi connectivity index (χ3n) is 3.06. The minimum atomic E-state index is 0.0983. The summed E-state index contributed by atoms with van der Waals surface area (Å²) in [6, 6.07) is 7.57. The Kier molecular flexibility index (Phi) is 5.64. The topological polar surface area (TPSA) is 26.3 Å². The smallest absolute Gasteiger partial charge is 0.176 e. The molecule has 2 unspecified atom stereocenters. The predicted molar refractivity (Wildman–Crippen MR) is 84.7 cm³/mol. The maximum atomic E-state index is 12.5. The first-order valence-corrected chi connectivity index (χ1v) is 8.82. The lowest BCUT2D eigenvalue weighted by molar-refractivity contribution is 0.0989. The van der Waals surface area contributed by atoms with Crippen molar-refractivity contribution >= 4 is 29.3 Å². The van der Waals surface area contributed by atoms with Gasteiger partial charge in [-0.3, -0.25) is 4.79 Å². The molecule has 2 nitrogen and oxygen atoms in total. The highest BCUT2D eigenvalue weighted by atomic mass is 32.2. The van der Waals surface area contributed by atoms with Crippen LogP contribution in [-0.4, -0.2) is 34.4 Å². The van der Waals surface area contributed by atoms with E-state index in [4.69, 9.17) is 4.74 Å². The third-order valence-corrected chi connectivity index (χ3v) is 6.15. The molecule has 1 aromatic rings. The van der Waals surface area contributed by atoms with Crippen LogP contribution in [0, 0.1) is 0 Å². The van der Waals surface area contributed by atoms with E-state index in [2.05, 4.69) is 13.8 Å². The molecular formula is C15H20O2S2. The quantitative estimate of drug-likeness (QED) is 0.770. The molecule has 1 aliphatic rings. The summed E-state index contributed by atoms with van der Waals surface area (Å²) in [6.45, 7) is 4.95. The molecule has 0 amide bonds. The van der Waals surface area contributed by atoms with Crippen LogP contribution >= 0.6 is 23.5 Å². The number of carbonyl (C=O) groups excluding carboxylic acids is 1. The van der Waals surface area contributed by atoms with Crippen molar-refractivity contribution in [3.8, 4) is 5.75 Å². The Balaban J connectivity index is 2.02. The third kappa shape index (κ3) is 3.93. The Labute approximate surface area is 123 Å². The van der Waals surface area contributed by atoms with Crippen molar-refractivity contribution in [1.82, 2.24) is 0 Å². The van der Waals surface area contributed by atoms with Crippen molar-refractivity contribution in [2.45, 2.75) is 30.8 Å². The summed E-state index contributed by atoms with van der Waals surface area (Å²) in [5, 5.41) is 0.503. The van der Waals surface area contributed by atoms with Crippen LogP contribution in [0.15, 0.2) is 24.3 Å². The molecule has 1 aliphatic heterocycles. The Morgan fingerprint density at radius 3 is 2.58 bits per heavy atom. The van der Waals surface area contributed by atoms with Crippen molar-refractivity contribution in [3.63, 3.8) is 0 Å². The maximum Gasteiger partial charge on any atom is 0.176 e. The van der Waals surface area contributed by atoms with Gasteiger partial charge in [-0.25, -0.2) is 0 Å². The second kappa shape index (κ2) is 7.25. The molecule has 0 radical (unpaired) electrons. The van der Waals surface area contributed by atoms with Crippen LogP contribution in [0.3, 0.4) is 0 Å². The molecule has 1 heterocycles. The van der Waals surface area contributed by atoms with Gasteiger partial charge in [0.1, 0.15) is 5.75 Å². The lowest BCUT2D eigenvalue weighted by Crippen LogP contribution is -2.31. The number of Topliss-reactive ketones (excluding diaryl/α,β-unsaturated/α-hetero) is 1. The van der Waals surface area contributed by atoms with Gasteiger partial charge in [-0.1, -0.05) is 13.8 Å². The first-order valence-electron chi connectivity index (χ1n) is 6.72. The molecule has 2 atom stereocenters. The van der Waals surface area contributed by atoms with Gasteiger partial charge >= 0.3 is 0 Å². The summed E-state index contributed by atoms with van der Waals surface area (Å²) in [5.74, 6) is 3.33. The number of thioether (sulfide) groups is 2. The first kappa shape index (κ1) is 14.8. The van der Waals surface area contributed by atoms with Crippen molar-refractivity contribution in [2.75, 3.05) is 18.1 Å². The SMILES string of the molecule is CCCOc1ccc(C(=O)C2SCCSC2C)cc1. The predicted octanol–water partition coefficient (Wildman–Crippen LogP) is 3.90. The molecule has 0 N–H and O–H groups in total. The Morgan fingerprint density at radius 1 is 1.26 bits per heavy atom. The van der Waals surface area contributed by atoms with Crippen molar-refractivity contribution < 1.29 is 9.53 Å². The summed E-state index contributed by atoms with van der Waals surface area (Å²) < 4.78 is 5.54. The first-order chi connectivity index (χ1) is 9.22. The van der Waals surface area contributed by atoms with Crippen molar-refractivity contribution in [1.29, 1.82) is 0 Å². The minimum Gasteiger partial charge on any atom is -0.494 e. The highest BCUT2D eigenvalue weighted by Gasteiger charge is 2.29. The van der Waals surface area contributed by atoms with Gasteiger partial charge in [0.2, 0.25) is 0 Å². The van der Waals surface area contributed by atoms with Gasteiger partial charge in [-0.2, -0.15) is 11.8 Å². The maximum absolute atomic E-state index is 12.5. The molecular weight excluding hydrogens is 276 g/mol. The zero-order valence-corrected chi connectivity index (χ0v) is 13.1. The summed E-state index contributed by atoms with van der Waals surface area (Å²) in [7, 11) is 0. The van der Waals surface area contributed by atoms with Crippen LogP contribution in [0.4, 0.5) is 0 Å². The van der Waals surface area contributed by atoms with Gasteiger partial charge in [0.25, 0.3) is 0 Å². The van der Waals surface area contributed by atoms with E-state index < -0.39 is 0 Å². The van der Waals surface area contributed by atoms with E-state index in [9.17, 15) is 4.79 Å². The summed E-state index contributed by atoms with van der Waals surface area (Å²) in [5.41, 5.74) is 0.802. The monoisotopic (exact) mass is 296 g/mol. The fraction of sp³-hybridized carbons (Fsp3) is 0.533. The van der Waals surface area contributed by atoms with Gasteiger partial charge < -0.3 is 4.74 Å². The Hall–Kier alpha value is -0.610. The number of hydrogen-bond acceptors (Lipinski definition) is 4. The molecule has 104 valence electrons. The average Bonchev–Trinajstić information content (AvgIpc) is 2.45. The summed E-state index contributed by atoms with van der Waals surface area (Å²) in [4.78, 5) is 12.5. The van der Waals surface area contributed by atoms with E-state index in [1.165, 1.54) is 0 Å². The second-order valence-corrected chi connectivity index (χ2v) is 7.34. The highest BCUT2D eigenvalue weighted by molar-refractivity contribution is 8.07. The molecule has 1 fully saturated rings. The van der Waals surface area contributed by atoms with Gasteiger partial charge in [0.15, 0.2) is 5.78 Å². The van der Waals surface area contributed by atoms with Crippen LogP contribution in [0.1, 0.15) is 30.6 Å². The zero-order chi connectivity index (χ0) is 13.7. The van der Waals surface area contributed by atoms with E-state index in [0.717, 1.165) is 35.8 Å². The molecule has 19 heavy (non-hydrogen) atoms. The Bertz CT molecular complexity index is 417. The van der Waals surface area contributed by atoms with Gasteiger partial charge in [0.05, 0.1) is 11.9 Å². The second-order valence-electron chi connectivity index (χ2n) is 4.60. The molecule has 1 saturated heterocycles. The van der Waals surface area contributed by atoms with Crippen molar-refractivity contribution in [3.05, 3.63) is 29.8 Å². The van der Waals surface area contributed by atoms with Crippen LogP contribution in [-0.2, 0) is 0 Å². The van der Waals surface area contributed by atoms with E-state index >= 15 is 0 Å². The zero-order valence-electron chi connectivity index (χ0n) is 11.4. The van der Waals surface area contributed by atoms with Gasteiger partial charge in [-0.05, 0) is 30.7 Å². The van der Waals surface area contributed by atoms with Crippen LogP contribution in [0.2, 0.25) is 0 Å². The molecule has 0 bridgehead atoms. The number of rotatable bonds is 5. The van der Waals surface area contributed by atoms with E-state index in [-0.39, 0.29) is 11.0 Å². The molecule has 0 aromatic heterocycles. The normalized spacial score (nSPS) is 23.1. The van der Waals surface area contributed by atoms with E-state index in [1.54, 1.807) is 11.8 Å². The molecule has 0 spiro atoms. The van der Waals surface area contributed by atoms with Crippen LogP contribution in [0.25, 0.3) is 0 Å². The van der Waals surface area contributed by atoms with Gasteiger partial charge in [0, 0.05) is 22.3 Å². The number of benzene rings is 1. The van der Waals surface area contributed by atoms with Gasteiger partial charge in [-0.15, -0.1) is 11.8 Å². The molecule has 1 aromatic carbocycles. The number of carbonyl (C=O) groups is 1. The number of hydrogen-bond donors (Lipinski definition) is 0. The average molecular weight is 296 g/mol.